The van der Waals surface area contributed by atoms with E-state index in [1.54, 1.807) is 0 Å². The van der Waals surface area contributed by atoms with Crippen molar-refractivity contribution in [2.45, 2.75) is 76.0 Å². The number of aromatic nitrogens is 3. The Morgan fingerprint density at radius 1 is 1.11 bits per heavy atom. The average Bonchev–Trinajstić information content (AvgIpc) is 3.44. The maximum Gasteiger partial charge on any atom is 0.0923 e. The summed E-state index contributed by atoms with van der Waals surface area (Å²) in [5.74, 6) is 0.599. The van der Waals surface area contributed by atoms with Gasteiger partial charge in [-0.2, -0.15) is 0 Å². The number of aliphatic hydroxyl groups is 1. The van der Waals surface area contributed by atoms with Gasteiger partial charge in [0.2, 0.25) is 0 Å². The van der Waals surface area contributed by atoms with Crippen molar-refractivity contribution in [3.8, 4) is 0 Å². The molecule has 2 aliphatic rings. The number of benzene rings is 1. The van der Waals surface area contributed by atoms with Gasteiger partial charge in [-0.3, -0.25) is 4.90 Å². The van der Waals surface area contributed by atoms with Gasteiger partial charge in [-0.1, -0.05) is 61.7 Å². The first-order valence-electron chi connectivity index (χ1n) is 10.6. The fourth-order valence-electron chi connectivity index (χ4n) is 4.31. The lowest BCUT2D eigenvalue weighted by Gasteiger charge is -2.42. The van der Waals surface area contributed by atoms with Gasteiger partial charge >= 0.3 is 0 Å². The van der Waals surface area contributed by atoms with Gasteiger partial charge in [-0.25, -0.2) is 4.68 Å². The van der Waals surface area contributed by atoms with Gasteiger partial charge in [-0.15, -0.1) is 5.10 Å². The second kappa shape index (κ2) is 8.53. The summed E-state index contributed by atoms with van der Waals surface area (Å²) < 4.78 is 1.93. The molecular weight excluding hydrogens is 336 g/mol. The number of aliphatic hydroxyl groups excluding tert-OH is 1. The fraction of sp³-hybridized carbons (Fsp3) is 0.636. The molecule has 0 spiro atoms. The fourth-order valence-corrected chi connectivity index (χ4v) is 4.31. The topological polar surface area (TPSA) is 54.2 Å². The van der Waals surface area contributed by atoms with E-state index in [4.69, 9.17) is 0 Å². The molecule has 146 valence electrons. The smallest absolute Gasteiger partial charge is 0.0923 e. The van der Waals surface area contributed by atoms with Crippen LogP contribution < -0.4 is 0 Å². The van der Waals surface area contributed by atoms with Crippen molar-refractivity contribution in [1.82, 2.24) is 19.9 Å². The third-order valence-corrected chi connectivity index (χ3v) is 6.12. The third-order valence-electron chi connectivity index (χ3n) is 6.12. The Balaban J connectivity index is 1.50. The van der Waals surface area contributed by atoms with Crippen LogP contribution in [0.5, 0.6) is 0 Å². The van der Waals surface area contributed by atoms with Crippen molar-refractivity contribution in [2.75, 3.05) is 13.1 Å². The van der Waals surface area contributed by atoms with E-state index in [-0.39, 0.29) is 12.1 Å². The van der Waals surface area contributed by atoms with Crippen LogP contribution in [0.25, 0.3) is 0 Å². The van der Waals surface area contributed by atoms with Gasteiger partial charge < -0.3 is 5.11 Å². The lowest BCUT2D eigenvalue weighted by Crippen LogP contribution is -2.46. The van der Waals surface area contributed by atoms with Crippen LogP contribution in [-0.2, 0) is 0 Å². The van der Waals surface area contributed by atoms with Crippen LogP contribution in [0.4, 0.5) is 0 Å². The highest BCUT2D eigenvalue weighted by molar-refractivity contribution is 5.20. The number of nitrogens with zero attached hydrogens (tertiary/aromatic N) is 4. The summed E-state index contributed by atoms with van der Waals surface area (Å²) in [7, 11) is 0. The molecule has 1 N–H and O–H groups in total. The van der Waals surface area contributed by atoms with E-state index in [1.165, 1.54) is 44.1 Å². The van der Waals surface area contributed by atoms with E-state index < -0.39 is 6.10 Å². The number of rotatable bonds is 8. The van der Waals surface area contributed by atoms with E-state index in [9.17, 15) is 5.11 Å². The largest absolute Gasteiger partial charge is 0.391 e. The van der Waals surface area contributed by atoms with Crippen LogP contribution in [-0.4, -0.2) is 44.2 Å². The standard InChI is InChI=1S/C22H32N4O/c1-2-3-4-8-13-25-16-21(26-15-19(23-24-26)17-11-12-17)22(27)14-20(25)18-9-6-5-7-10-18/h5-7,9-10,15,17,20-22,27H,2-4,8,11-14,16H2,1H3/t20-,21+,22+/m0/s1. The van der Waals surface area contributed by atoms with Crippen molar-refractivity contribution >= 4 is 0 Å². The maximum absolute atomic E-state index is 10.9. The molecule has 27 heavy (non-hydrogen) atoms. The van der Waals surface area contributed by atoms with E-state index in [1.807, 2.05) is 4.68 Å². The van der Waals surface area contributed by atoms with Crippen LogP contribution in [0.15, 0.2) is 36.5 Å². The molecule has 1 saturated carbocycles. The Kier molecular flexibility index (Phi) is 5.89. The number of likely N-dealkylation sites (tertiary alicyclic amines) is 1. The molecule has 2 heterocycles. The molecule has 1 saturated heterocycles. The second-order valence-corrected chi connectivity index (χ2v) is 8.25. The van der Waals surface area contributed by atoms with Crippen LogP contribution in [0, 0.1) is 0 Å². The Labute approximate surface area is 162 Å². The summed E-state index contributed by atoms with van der Waals surface area (Å²) in [5, 5.41) is 19.7. The number of hydrogen-bond donors (Lipinski definition) is 1. The molecular formula is C22H32N4O. The average molecular weight is 369 g/mol. The Bertz CT molecular complexity index is 712. The van der Waals surface area contributed by atoms with Crippen molar-refractivity contribution in [3.05, 3.63) is 47.8 Å². The van der Waals surface area contributed by atoms with Crippen LogP contribution >= 0.6 is 0 Å². The van der Waals surface area contributed by atoms with Gasteiger partial charge in [0.1, 0.15) is 0 Å². The molecule has 1 aromatic carbocycles. The summed E-state index contributed by atoms with van der Waals surface area (Å²) in [4.78, 5) is 2.56. The van der Waals surface area contributed by atoms with Crippen molar-refractivity contribution in [1.29, 1.82) is 0 Å². The minimum absolute atomic E-state index is 0.00358. The van der Waals surface area contributed by atoms with Crippen molar-refractivity contribution in [3.63, 3.8) is 0 Å². The van der Waals surface area contributed by atoms with Crippen LogP contribution in [0.3, 0.4) is 0 Å². The molecule has 5 heteroatoms. The number of piperidine rings is 1. The first-order valence-corrected chi connectivity index (χ1v) is 10.6. The van der Waals surface area contributed by atoms with E-state index in [0.29, 0.717) is 5.92 Å². The lowest BCUT2D eigenvalue weighted by atomic mass is 9.90. The third kappa shape index (κ3) is 4.41. The Morgan fingerprint density at radius 3 is 2.67 bits per heavy atom. The predicted molar refractivity (Wildman–Crippen MR) is 107 cm³/mol. The zero-order valence-electron chi connectivity index (χ0n) is 16.4. The summed E-state index contributed by atoms with van der Waals surface area (Å²) >= 11 is 0. The van der Waals surface area contributed by atoms with Gasteiger partial charge in [-0.05, 0) is 37.8 Å². The van der Waals surface area contributed by atoms with Gasteiger partial charge in [0.05, 0.1) is 17.8 Å². The Hall–Kier alpha value is -1.72. The molecule has 0 unspecified atom stereocenters. The van der Waals surface area contributed by atoms with E-state index >= 15 is 0 Å². The summed E-state index contributed by atoms with van der Waals surface area (Å²) in [6, 6.07) is 10.9. The molecule has 2 fully saturated rings. The molecule has 0 amide bonds. The molecule has 1 aliphatic carbocycles. The SMILES string of the molecule is CCCCCCN1C[C@@H](n2cc(C3CC3)nn2)[C@H](O)C[C@H]1c1ccccc1. The minimum Gasteiger partial charge on any atom is -0.391 e. The second-order valence-electron chi connectivity index (χ2n) is 8.25. The molecule has 2 aromatic rings. The highest BCUT2D eigenvalue weighted by Crippen LogP contribution is 2.40. The first kappa shape index (κ1) is 18.6. The predicted octanol–water partition coefficient (Wildman–Crippen LogP) is 4.08. The van der Waals surface area contributed by atoms with Crippen LogP contribution in [0.2, 0.25) is 0 Å². The first-order chi connectivity index (χ1) is 13.3. The monoisotopic (exact) mass is 368 g/mol. The van der Waals surface area contributed by atoms with E-state index in [0.717, 1.165) is 25.2 Å². The summed E-state index contributed by atoms with van der Waals surface area (Å²) in [6.45, 7) is 4.16. The normalized spacial score (nSPS) is 26.4. The van der Waals surface area contributed by atoms with E-state index in [2.05, 4.69) is 58.7 Å². The summed E-state index contributed by atoms with van der Waals surface area (Å²) in [5.41, 5.74) is 2.41. The van der Waals surface area contributed by atoms with Gasteiger partial charge in [0.15, 0.2) is 0 Å². The van der Waals surface area contributed by atoms with Gasteiger partial charge in [0, 0.05) is 24.7 Å². The summed E-state index contributed by atoms with van der Waals surface area (Å²) in [6.07, 6.45) is 9.93. The zero-order chi connectivity index (χ0) is 18.6. The maximum atomic E-state index is 10.9. The molecule has 1 aliphatic heterocycles. The molecule has 4 rings (SSSR count). The highest BCUT2D eigenvalue weighted by Gasteiger charge is 2.37. The minimum atomic E-state index is -0.393. The number of unbranched alkanes of at least 4 members (excludes halogenated alkanes) is 3. The van der Waals surface area contributed by atoms with Gasteiger partial charge in [0.25, 0.3) is 0 Å². The Morgan fingerprint density at radius 2 is 1.93 bits per heavy atom. The molecule has 0 bridgehead atoms. The zero-order valence-corrected chi connectivity index (χ0v) is 16.4. The van der Waals surface area contributed by atoms with Crippen LogP contribution in [0.1, 0.15) is 81.1 Å². The molecule has 3 atom stereocenters. The molecule has 1 aromatic heterocycles. The quantitative estimate of drug-likeness (QED) is 0.713. The van der Waals surface area contributed by atoms with Crippen molar-refractivity contribution in [2.24, 2.45) is 0 Å². The molecule has 5 nitrogen and oxygen atoms in total. The van der Waals surface area contributed by atoms with Crippen molar-refractivity contribution < 1.29 is 5.11 Å². The highest BCUT2D eigenvalue weighted by atomic mass is 16.3. The number of hydrogen-bond acceptors (Lipinski definition) is 4. The lowest BCUT2D eigenvalue weighted by molar-refractivity contribution is -0.00775. The molecule has 0 radical (unpaired) electrons.